The summed E-state index contributed by atoms with van der Waals surface area (Å²) in [6, 6.07) is 13.6. The van der Waals surface area contributed by atoms with Crippen LogP contribution in [0.5, 0.6) is 5.75 Å². The Morgan fingerprint density at radius 3 is 2.55 bits per heavy atom. The summed E-state index contributed by atoms with van der Waals surface area (Å²) in [7, 11) is 0. The van der Waals surface area contributed by atoms with Gasteiger partial charge in [0.2, 0.25) is 0 Å². The van der Waals surface area contributed by atoms with Crippen LogP contribution in [0, 0.1) is 5.82 Å². The first kappa shape index (κ1) is 21.6. The van der Waals surface area contributed by atoms with Crippen LogP contribution in [-0.4, -0.2) is 51.7 Å². The lowest BCUT2D eigenvalue weighted by atomic mass is 10.2. The molecule has 6 nitrogen and oxygen atoms in total. The molecule has 1 fully saturated rings. The Morgan fingerprint density at radius 2 is 1.81 bits per heavy atom. The number of piperazine rings is 1. The fraction of sp³-hybridized carbons (Fsp3) is 0.273. The zero-order valence-corrected chi connectivity index (χ0v) is 18.2. The summed E-state index contributed by atoms with van der Waals surface area (Å²) in [5.74, 6) is -0.196. The molecule has 31 heavy (non-hydrogen) atoms. The van der Waals surface area contributed by atoms with Crippen LogP contribution < -0.4 is 4.74 Å². The molecule has 162 valence electrons. The predicted octanol–water partition coefficient (Wildman–Crippen LogP) is 4.32. The lowest BCUT2D eigenvalue weighted by molar-refractivity contribution is 0.0621. The molecule has 1 amide bonds. The number of nitrogens with zero attached hydrogens (tertiary/aromatic N) is 4. The van der Waals surface area contributed by atoms with E-state index in [4.69, 9.17) is 27.9 Å². The molecular formula is C22H21Cl2FN4O2. The molecule has 9 heteroatoms. The highest BCUT2D eigenvalue weighted by Crippen LogP contribution is 2.21. The van der Waals surface area contributed by atoms with Crippen molar-refractivity contribution in [3.8, 4) is 5.75 Å². The first-order valence-electron chi connectivity index (χ1n) is 9.86. The molecule has 0 saturated carbocycles. The van der Waals surface area contributed by atoms with Gasteiger partial charge < -0.3 is 9.64 Å². The molecule has 1 aliphatic heterocycles. The third kappa shape index (κ3) is 5.36. The number of hydrogen-bond acceptors (Lipinski definition) is 4. The van der Waals surface area contributed by atoms with Gasteiger partial charge in [-0.15, -0.1) is 0 Å². The molecule has 1 aliphatic rings. The SMILES string of the molecule is O=C(c1ccn(COc2ccc(F)c(Cl)c2)n1)N1CCN(Cc2ccccc2Cl)CC1. The van der Waals surface area contributed by atoms with Gasteiger partial charge in [-0.25, -0.2) is 9.07 Å². The summed E-state index contributed by atoms with van der Waals surface area (Å²) >= 11 is 12.0. The monoisotopic (exact) mass is 462 g/mol. The number of aromatic nitrogens is 2. The maximum atomic E-state index is 13.2. The maximum absolute atomic E-state index is 13.2. The topological polar surface area (TPSA) is 50.6 Å². The van der Waals surface area contributed by atoms with Crippen molar-refractivity contribution >= 4 is 29.1 Å². The van der Waals surface area contributed by atoms with E-state index in [0.29, 0.717) is 24.5 Å². The predicted molar refractivity (Wildman–Crippen MR) is 117 cm³/mol. The van der Waals surface area contributed by atoms with Gasteiger partial charge in [0.15, 0.2) is 12.4 Å². The summed E-state index contributed by atoms with van der Waals surface area (Å²) in [5.41, 5.74) is 1.45. The van der Waals surface area contributed by atoms with Gasteiger partial charge in [-0.1, -0.05) is 41.4 Å². The first-order valence-corrected chi connectivity index (χ1v) is 10.6. The number of ether oxygens (including phenoxy) is 1. The minimum Gasteiger partial charge on any atom is -0.471 e. The molecule has 3 aromatic rings. The molecular weight excluding hydrogens is 442 g/mol. The second kappa shape index (κ2) is 9.68. The molecule has 2 heterocycles. The second-order valence-electron chi connectivity index (χ2n) is 7.25. The maximum Gasteiger partial charge on any atom is 0.274 e. The van der Waals surface area contributed by atoms with Crippen LogP contribution in [0.15, 0.2) is 54.7 Å². The Hall–Kier alpha value is -2.61. The van der Waals surface area contributed by atoms with Crippen molar-refractivity contribution in [2.24, 2.45) is 0 Å². The summed E-state index contributed by atoms with van der Waals surface area (Å²) < 4.78 is 20.3. The van der Waals surface area contributed by atoms with Gasteiger partial charge in [0, 0.05) is 50.0 Å². The van der Waals surface area contributed by atoms with Crippen LogP contribution in [0.2, 0.25) is 10.0 Å². The lowest BCUT2D eigenvalue weighted by Gasteiger charge is -2.34. The average Bonchev–Trinajstić information content (AvgIpc) is 3.25. The zero-order chi connectivity index (χ0) is 21.8. The number of rotatable bonds is 6. The molecule has 0 unspecified atom stereocenters. The number of amides is 1. The summed E-state index contributed by atoms with van der Waals surface area (Å²) in [4.78, 5) is 16.9. The number of benzene rings is 2. The van der Waals surface area contributed by atoms with Crippen LogP contribution in [0.25, 0.3) is 0 Å². The van der Waals surface area contributed by atoms with Gasteiger partial charge in [0.1, 0.15) is 11.6 Å². The van der Waals surface area contributed by atoms with Gasteiger partial charge in [-0.3, -0.25) is 9.69 Å². The summed E-state index contributed by atoms with van der Waals surface area (Å²) in [6.45, 7) is 3.64. The average molecular weight is 463 g/mol. The van der Waals surface area contributed by atoms with Crippen LogP contribution in [0.1, 0.15) is 16.1 Å². The normalized spacial score (nSPS) is 14.6. The molecule has 0 spiro atoms. The smallest absolute Gasteiger partial charge is 0.274 e. The Balaban J connectivity index is 1.29. The Morgan fingerprint density at radius 1 is 1.03 bits per heavy atom. The van der Waals surface area contributed by atoms with Gasteiger partial charge in [0.25, 0.3) is 5.91 Å². The number of carbonyl (C=O) groups is 1. The Labute approximate surface area is 189 Å². The van der Waals surface area contributed by atoms with E-state index in [2.05, 4.69) is 10.00 Å². The van der Waals surface area contributed by atoms with E-state index in [-0.39, 0.29) is 17.7 Å². The molecule has 1 aromatic heterocycles. The third-order valence-electron chi connectivity index (χ3n) is 5.13. The number of carbonyl (C=O) groups excluding carboxylic acids is 1. The highest BCUT2D eigenvalue weighted by Gasteiger charge is 2.24. The van der Waals surface area contributed by atoms with E-state index >= 15 is 0 Å². The summed E-state index contributed by atoms with van der Waals surface area (Å²) in [6.07, 6.45) is 1.67. The Kier molecular flexibility index (Phi) is 6.75. The highest BCUT2D eigenvalue weighted by atomic mass is 35.5. The van der Waals surface area contributed by atoms with E-state index in [1.807, 2.05) is 24.3 Å². The third-order valence-corrected chi connectivity index (χ3v) is 5.78. The molecule has 0 radical (unpaired) electrons. The molecule has 0 atom stereocenters. The van der Waals surface area contributed by atoms with E-state index in [9.17, 15) is 9.18 Å². The van der Waals surface area contributed by atoms with Gasteiger partial charge >= 0.3 is 0 Å². The molecule has 2 aromatic carbocycles. The quantitative estimate of drug-likeness (QED) is 0.547. The van der Waals surface area contributed by atoms with Crippen molar-refractivity contribution < 1.29 is 13.9 Å². The fourth-order valence-electron chi connectivity index (χ4n) is 3.39. The molecule has 0 bridgehead atoms. The van der Waals surface area contributed by atoms with Crippen molar-refractivity contribution in [3.63, 3.8) is 0 Å². The van der Waals surface area contributed by atoms with Gasteiger partial charge in [-0.05, 0) is 29.8 Å². The minimum absolute atomic E-state index is 0.0116. The number of halogens is 3. The van der Waals surface area contributed by atoms with E-state index < -0.39 is 5.82 Å². The largest absolute Gasteiger partial charge is 0.471 e. The summed E-state index contributed by atoms with van der Waals surface area (Å²) in [5, 5.41) is 5.05. The van der Waals surface area contributed by atoms with E-state index in [1.165, 1.54) is 22.9 Å². The van der Waals surface area contributed by atoms with Crippen molar-refractivity contribution in [2.45, 2.75) is 13.3 Å². The van der Waals surface area contributed by atoms with Crippen molar-refractivity contribution in [2.75, 3.05) is 26.2 Å². The van der Waals surface area contributed by atoms with Crippen LogP contribution >= 0.6 is 23.2 Å². The first-order chi connectivity index (χ1) is 15.0. The van der Waals surface area contributed by atoms with Crippen molar-refractivity contribution in [3.05, 3.63) is 81.8 Å². The zero-order valence-electron chi connectivity index (χ0n) is 16.7. The van der Waals surface area contributed by atoms with E-state index in [1.54, 1.807) is 17.2 Å². The van der Waals surface area contributed by atoms with Gasteiger partial charge in [-0.2, -0.15) is 5.10 Å². The number of hydrogen-bond donors (Lipinski definition) is 0. The van der Waals surface area contributed by atoms with Crippen LogP contribution in [0.4, 0.5) is 4.39 Å². The standard InChI is InChI=1S/C22H21Cl2FN4O2/c23-18-4-2-1-3-16(18)14-27-9-11-28(12-10-27)22(30)21-7-8-29(26-21)15-31-17-5-6-20(25)19(24)13-17/h1-8,13H,9-12,14-15H2. The molecule has 0 N–H and O–H groups in total. The lowest BCUT2D eigenvalue weighted by Crippen LogP contribution is -2.48. The molecule has 4 rings (SSSR count). The van der Waals surface area contributed by atoms with Crippen molar-refractivity contribution in [1.82, 2.24) is 19.6 Å². The van der Waals surface area contributed by atoms with E-state index in [0.717, 1.165) is 30.2 Å². The highest BCUT2D eigenvalue weighted by molar-refractivity contribution is 6.31. The van der Waals surface area contributed by atoms with Crippen LogP contribution in [0.3, 0.4) is 0 Å². The molecule has 0 aliphatic carbocycles. The van der Waals surface area contributed by atoms with Crippen molar-refractivity contribution in [1.29, 1.82) is 0 Å². The Bertz CT molecular complexity index is 1070. The van der Waals surface area contributed by atoms with Crippen LogP contribution in [-0.2, 0) is 13.3 Å². The molecule has 1 saturated heterocycles. The van der Waals surface area contributed by atoms with Gasteiger partial charge in [0.05, 0.1) is 5.02 Å². The fourth-order valence-corrected chi connectivity index (χ4v) is 3.76. The second-order valence-corrected chi connectivity index (χ2v) is 8.06. The minimum atomic E-state index is -0.507.